The van der Waals surface area contributed by atoms with E-state index >= 15 is 0 Å². The highest BCUT2D eigenvalue weighted by Crippen LogP contribution is 2.37. The molecule has 1 aromatic rings. The molecule has 30 heavy (non-hydrogen) atoms. The van der Waals surface area contributed by atoms with Crippen LogP contribution in [-0.2, 0) is 16.0 Å². The second kappa shape index (κ2) is 11.6. The van der Waals surface area contributed by atoms with Crippen molar-refractivity contribution >= 4 is 5.97 Å². The van der Waals surface area contributed by atoms with Gasteiger partial charge in [-0.1, -0.05) is 50.7 Å². The summed E-state index contributed by atoms with van der Waals surface area (Å²) in [5, 5.41) is 0. The standard InChI is InChI=1S/C26H36F2O2/c1-2-3-26(29)30-23-15-12-21(13-16-23)9-8-19-4-6-20(7-5-19)10-11-22-14-17-24(27)25(28)18-22/h2,14,17-21,23H,1,3-13,15-16H2/t19-,20-,21-,23-. The smallest absolute Gasteiger partial charge is 0.309 e. The Labute approximate surface area is 180 Å². The van der Waals surface area contributed by atoms with Crippen molar-refractivity contribution in [1.82, 2.24) is 0 Å². The van der Waals surface area contributed by atoms with Crippen LogP contribution in [0.4, 0.5) is 8.78 Å². The number of esters is 1. The number of benzene rings is 1. The van der Waals surface area contributed by atoms with Gasteiger partial charge in [-0.2, -0.15) is 0 Å². The highest BCUT2D eigenvalue weighted by atomic mass is 19.2. The zero-order valence-corrected chi connectivity index (χ0v) is 18.1. The molecular weight excluding hydrogens is 382 g/mol. The first-order valence-corrected chi connectivity index (χ1v) is 11.8. The first-order chi connectivity index (χ1) is 14.5. The fraction of sp³-hybridized carbons (Fsp3) is 0.654. The molecule has 2 saturated carbocycles. The lowest BCUT2D eigenvalue weighted by Crippen LogP contribution is -2.24. The van der Waals surface area contributed by atoms with E-state index in [4.69, 9.17) is 4.74 Å². The lowest BCUT2D eigenvalue weighted by Gasteiger charge is -2.32. The number of hydrogen-bond acceptors (Lipinski definition) is 2. The summed E-state index contributed by atoms with van der Waals surface area (Å²) >= 11 is 0. The van der Waals surface area contributed by atoms with Gasteiger partial charge in [0.15, 0.2) is 11.6 Å². The third-order valence-corrected chi connectivity index (χ3v) is 7.18. The van der Waals surface area contributed by atoms with Crippen LogP contribution in [-0.4, -0.2) is 12.1 Å². The first-order valence-electron chi connectivity index (χ1n) is 11.8. The van der Waals surface area contributed by atoms with E-state index < -0.39 is 11.6 Å². The summed E-state index contributed by atoms with van der Waals surface area (Å²) < 4.78 is 31.9. The molecule has 0 radical (unpaired) electrons. The maximum Gasteiger partial charge on any atom is 0.309 e. The second-order valence-corrected chi connectivity index (χ2v) is 9.38. The van der Waals surface area contributed by atoms with Gasteiger partial charge in [-0.3, -0.25) is 4.79 Å². The molecule has 0 N–H and O–H groups in total. The molecule has 2 aliphatic carbocycles. The predicted molar refractivity (Wildman–Crippen MR) is 116 cm³/mol. The number of aryl methyl sites for hydroxylation is 1. The van der Waals surface area contributed by atoms with Crippen LogP contribution in [0.25, 0.3) is 0 Å². The van der Waals surface area contributed by atoms with Crippen molar-refractivity contribution in [3.8, 4) is 0 Å². The average Bonchev–Trinajstić information content (AvgIpc) is 2.75. The van der Waals surface area contributed by atoms with Crippen LogP contribution in [0.5, 0.6) is 0 Å². The lowest BCUT2D eigenvalue weighted by atomic mass is 9.75. The van der Waals surface area contributed by atoms with Gasteiger partial charge in [0.2, 0.25) is 0 Å². The number of rotatable bonds is 9. The Morgan fingerprint density at radius 3 is 2.03 bits per heavy atom. The Hall–Kier alpha value is -1.71. The molecule has 0 saturated heterocycles. The fourth-order valence-corrected chi connectivity index (χ4v) is 5.24. The van der Waals surface area contributed by atoms with Gasteiger partial charge < -0.3 is 4.74 Å². The van der Waals surface area contributed by atoms with Gasteiger partial charge in [-0.05, 0) is 74.0 Å². The van der Waals surface area contributed by atoms with Crippen molar-refractivity contribution in [3.63, 3.8) is 0 Å². The molecule has 0 atom stereocenters. The molecule has 4 heteroatoms. The summed E-state index contributed by atoms with van der Waals surface area (Å²) in [6.07, 6.45) is 16.1. The molecule has 0 aromatic heterocycles. The summed E-state index contributed by atoms with van der Waals surface area (Å²) in [5.41, 5.74) is 0.904. The molecule has 1 aromatic carbocycles. The van der Waals surface area contributed by atoms with Crippen molar-refractivity contribution in [1.29, 1.82) is 0 Å². The second-order valence-electron chi connectivity index (χ2n) is 9.38. The molecule has 166 valence electrons. The van der Waals surface area contributed by atoms with E-state index in [1.165, 1.54) is 63.5 Å². The van der Waals surface area contributed by atoms with Crippen LogP contribution in [0.2, 0.25) is 0 Å². The molecule has 3 rings (SSSR count). The van der Waals surface area contributed by atoms with Crippen molar-refractivity contribution in [2.45, 2.75) is 89.6 Å². The maximum absolute atomic E-state index is 13.3. The van der Waals surface area contributed by atoms with Crippen LogP contribution in [0.1, 0.15) is 82.6 Å². The third kappa shape index (κ3) is 7.21. The van der Waals surface area contributed by atoms with E-state index in [0.29, 0.717) is 6.42 Å². The van der Waals surface area contributed by atoms with E-state index in [9.17, 15) is 13.6 Å². The molecule has 0 bridgehead atoms. The maximum atomic E-state index is 13.3. The molecular formula is C26H36F2O2. The number of carbonyl (C=O) groups is 1. The minimum Gasteiger partial charge on any atom is -0.462 e. The Kier molecular flexibility index (Phi) is 8.89. The van der Waals surface area contributed by atoms with Gasteiger partial charge in [-0.25, -0.2) is 8.78 Å². The molecule has 2 fully saturated rings. The van der Waals surface area contributed by atoms with Crippen molar-refractivity contribution in [3.05, 3.63) is 48.1 Å². The molecule has 0 unspecified atom stereocenters. The summed E-state index contributed by atoms with van der Waals surface area (Å²) in [6, 6.07) is 4.29. The number of ether oxygens (including phenoxy) is 1. The van der Waals surface area contributed by atoms with Crippen molar-refractivity contribution in [2.75, 3.05) is 0 Å². The van der Waals surface area contributed by atoms with E-state index in [-0.39, 0.29) is 12.1 Å². The normalized spacial score (nSPS) is 26.9. The molecule has 2 aliphatic rings. The minimum atomic E-state index is -0.763. The van der Waals surface area contributed by atoms with Crippen LogP contribution < -0.4 is 0 Å². The van der Waals surface area contributed by atoms with Gasteiger partial charge in [-0.15, -0.1) is 6.58 Å². The number of halogens is 2. The van der Waals surface area contributed by atoms with Gasteiger partial charge in [0, 0.05) is 0 Å². The Morgan fingerprint density at radius 1 is 0.900 bits per heavy atom. The largest absolute Gasteiger partial charge is 0.462 e. The van der Waals surface area contributed by atoms with Gasteiger partial charge in [0.25, 0.3) is 0 Å². The van der Waals surface area contributed by atoms with Gasteiger partial charge in [0.1, 0.15) is 6.10 Å². The van der Waals surface area contributed by atoms with Gasteiger partial charge in [0.05, 0.1) is 6.42 Å². The van der Waals surface area contributed by atoms with Crippen LogP contribution in [0, 0.1) is 29.4 Å². The zero-order chi connectivity index (χ0) is 21.3. The summed E-state index contributed by atoms with van der Waals surface area (Å²) in [7, 11) is 0. The monoisotopic (exact) mass is 418 g/mol. The third-order valence-electron chi connectivity index (χ3n) is 7.18. The molecule has 0 amide bonds. The number of carbonyl (C=O) groups excluding carboxylic acids is 1. The Morgan fingerprint density at radius 2 is 1.47 bits per heavy atom. The molecule has 0 aliphatic heterocycles. The SMILES string of the molecule is C=CCC(=O)O[C@H]1CC[C@H](CC[C@H]2CC[C@H](CCc3ccc(F)c(F)c3)CC2)CC1. The van der Waals surface area contributed by atoms with E-state index in [2.05, 4.69) is 6.58 Å². The number of hydrogen-bond donors (Lipinski definition) is 0. The quantitative estimate of drug-likeness (QED) is 0.314. The predicted octanol–water partition coefficient (Wildman–Crippen LogP) is 7.16. The Balaban J connectivity index is 1.28. The van der Waals surface area contributed by atoms with Crippen molar-refractivity contribution in [2.24, 2.45) is 17.8 Å². The highest BCUT2D eigenvalue weighted by Gasteiger charge is 2.26. The highest BCUT2D eigenvalue weighted by molar-refractivity contribution is 5.71. The topological polar surface area (TPSA) is 26.3 Å². The minimum absolute atomic E-state index is 0.110. The fourth-order valence-electron chi connectivity index (χ4n) is 5.24. The summed E-state index contributed by atoms with van der Waals surface area (Å²) in [4.78, 5) is 11.6. The van der Waals surface area contributed by atoms with E-state index in [1.807, 2.05) is 0 Å². The average molecular weight is 419 g/mol. The van der Waals surface area contributed by atoms with Gasteiger partial charge >= 0.3 is 5.97 Å². The van der Waals surface area contributed by atoms with E-state index in [1.54, 1.807) is 12.1 Å². The lowest BCUT2D eigenvalue weighted by molar-refractivity contribution is -0.149. The van der Waals surface area contributed by atoms with E-state index in [0.717, 1.165) is 49.0 Å². The van der Waals surface area contributed by atoms with Crippen molar-refractivity contribution < 1.29 is 18.3 Å². The molecule has 0 spiro atoms. The Bertz CT molecular complexity index is 686. The first kappa shape index (κ1) is 23.0. The summed E-state index contributed by atoms with van der Waals surface area (Å²) in [5.74, 6) is 0.699. The molecule has 0 heterocycles. The molecule has 2 nitrogen and oxygen atoms in total. The van der Waals surface area contributed by atoms with Crippen LogP contribution in [0.3, 0.4) is 0 Å². The zero-order valence-electron chi connectivity index (χ0n) is 18.1. The summed E-state index contributed by atoms with van der Waals surface area (Å²) in [6.45, 7) is 3.58. The van der Waals surface area contributed by atoms with Crippen LogP contribution >= 0.6 is 0 Å². The van der Waals surface area contributed by atoms with Crippen LogP contribution in [0.15, 0.2) is 30.9 Å².